The maximum absolute atomic E-state index is 12.8. The Hall–Kier alpha value is -3.80. The van der Waals surface area contributed by atoms with Gasteiger partial charge in [0.15, 0.2) is 0 Å². The van der Waals surface area contributed by atoms with Crippen LogP contribution in [0.4, 0.5) is 5.69 Å². The Labute approximate surface area is 158 Å². The molecule has 0 fully saturated rings. The van der Waals surface area contributed by atoms with E-state index in [0.29, 0.717) is 23.4 Å². The predicted octanol–water partition coefficient (Wildman–Crippen LogP) is 3.91. The molecule has 1 aliphatic rings. The topological polar surface area (TPSA) is 92.9 Å². The molecule has 3 aromatic carbocycles. The van der Waals surface area contributed by atoms with Crippen molar-refractivity contribution >= 4 is 61.1 Å². The van der Waals surface area contributed by atoms with E-state index in [1.807, 2.05) is 42.5 Å². The summed E-state index contributed by atoms with van der Waals surface area (Å²) in [4.78, 5) is 29.1. The average molecular weight is 368 g/mol. The molecule has 0 atom stereocenters. The Balaban J connectivity index is 2.04. The van der Waals surface area contributed by atoms with Gasteiger partial charge in [0.25, 0.3) is 11.8 Å². The number of nitrogens with zero attached hydrogens (tertiary/aromatic N) is 1. The molecule has 6 heteroatoms. The second kappa shape index (κ2) is 4.92. The highest BCUT2D eigenvalue weighted by Gasteiger charge is 2.35. The Morgan fingerprint density at radius 3 is 2.50 bits per heavy atom. The Morgan fingerprint density at radius 2 is 1.71 bits per heavy atom. The summed E-state index contributed by atoms with van der Waals surface area (Å²) < 4.78 is 2.16. The van der Waals surface area contributed by atoms with Crippen LogP contribution in [0, 0.1) is 0 Å². The molecule has 6 nitrogen and oxygen atoms in total. The molecule has 0 saturated heterocycles. The van der Waals surface area contributed by atoms with Gasteiger partial charge >= 0.3 is 0 Å². The number of fused-ring (bicyclic) bond motifs is 10. The number of benzene rings is 3. The normalized spacial score (nSPS) is 13.9. The Morgan fingerprint density at radius 1 is 0.964 bits per heavy atom. The lowest BCUT2D eigenvalue weighted by Gasteiger charge is -2.07. The molecule has 136 valence electrons. The number of aromatic amines is 1. The average Bonchev–Trinajstić information content (AvgIpc) is 3.30. The summed E-state index contributed by atoms with van der Waals surface area (Å²) in [6, 6.07) is 13.6. The molecular formula is C22H16N4O2. The van der Waals surface area contributed by atoms with Gasteiger partial charge in [-0.25, -0.2) is 0 Å². The minimum atomic E-state index is -0.343. The number of imide groups is 1. The third-order valence-electron chi connectivity index (χ3n) is 5.78. The largest absolute Gasteiger partial charge is 0.399 e. The molecule has 28 heavy (non-hydrogen) atoms. The fraction of sp³-hybridized carbons (Fsp3) is 0.0909. The second-order valence-electron chi connectivity index (χ2n) is 7.20. The van der Waals surface area contributed by atoms with E-state index >= 15 is 0 Å². The van der Waals surface area contributed by atoms with E-state index in [0.717, 1.165) is 43.6 Å². The Bertz CT molecular complexity index is 1520. The minimum Gasteiger partial charge on any atom is -0.399 e. The summed E-state index contributed by atoms with van der Waals surface area (Å²) in [5.41, 5.74) is 11.3. The van der Waals surface area contributed by atoms with Gasteiger partial charge in [-0.1, -0.05) is 24.3 Å². The number of para-hydroxylation sites is 1. The quantitative estimate of drug-likeness (QED) is 0.309. The first-order chi connectivity index (χ1) is 13.6. The molecular weight excluding hydrogens is 352 g/mol. The molecule has 0 unspecified atom stereocenters. The van der Waals surface area contributed by atoms with E-state index in [-0.39, 0.29) is 11.8 Å². The van der Waals surface area contributed by atoms with Gasteiger partial charge in [0, 0.05) is 39.3 Å². The zero-order valence-electron chi connectivity index (χ0n) is 15.1. The van der Waals surface area contributed by atoms with Crippen molar-refractivity contribution in [3.05, 3.63) is 53.6 Å². The van der Waals surface area contributed by atoms with Crippen molar-refractivity contribution in [2.45, 2.75) is 13.5 Å². The van der Waals surface area contributed by atoms with Crippen molar-refractivity contribution < 1.29 is 9.59 Å². The molecule has 0 saturated carbocycles. The number of carbonyl (C=O) groups is 2. The third kappa shape index (κ3) is 1.63. The number of H-pyrrole nitrogens is 1. The van der Waals surface area contributed by atoms with Gasteiger partial charge in [0.2, 0.25) is 0 Å². The molecule has 4 N–H and O–H groups in total. The number of hydrogen-bond acceptors (Lipinski definition) is 3. The summed E-state index contributed by atoms with van der Waals surface area (Å²) in [6.07, 6.45) is 0. The second-order valence-corrected chi connectivity index (χ2v) is 7.20. The summed E-state index contributed by atoms with van der Waals surface area (Å²) in [7, 11) is 0. The number of anilines is 1. The van der Waals surface area contributed by atoms with Crippen molar-refractivity contribution in [2.75, 3.05) is 5.73 Å². The first kappa shape index (κ1) is 15.3. The number of rotatable bonds is 1. The third-order valence-corrected chi connectivity index (χ3v) is 5.78. The van der Waals surface area contributed by atoms with Gasteiger partial charge < -0.3 is 15.3 Å². The molecule has 3 heterocycles. The smallest absolute Gasteiger partial charge is 0.259 e. The molecule has 0 bridgehead atoms. The number of nitrogen functional groups attached to an aromatic ring is 1. The standard InChI is InChI=1S/C22H16N4O2/c1-2-26-14-9-10(23)7-8-12(14)16-18-17(21(27)25-22(18)28)15-11-5-3-4-6-13(11)24-19(15)20(16)26/h3-9,24H,2,23H2,1H3,(H,25,27,28). The first-order valence-electron chi connectivity index (χ1n) is 9.23. The predicted molar refractivity (Wildman–Crippen MR) is 111 cm³/mol. The highest BCUT2D eigenvalue weighted by atomic mass is 16.2. The van der Waals surface area contributed by atoms with Crippen LogP contribution in [0.25, 0.3) is 43.6 Å². The van der Waals surface area contributed by atoms with Gasteiger partial charge in [0.05, 0.1) is 27.7 Å². The van der Waals surface area contributed by atoms with E-state index in [2.05, 4.69) is 21.8 Å². The SMILES string of the molecule is CCn1c2cc(N)ccc2c2c3c(c4c5ccccc5[nH]c4c21)C(=O)NC3=O. The summed E-state index contributed by atoms with van der Waals surface area (Å²) >= 11 is 0. The number of aryl methyl sites for hydroxylation is 1. The van der Waals surface area contributed by atoms with Crippen LogP contribution in [-0.2, 0) is 6.54 Å². The van der Waals surface area contributed by atoms with Gasteiger partial charge in [-0.15, -0.1) is 0 Å². The van der Waals surface area contributed by atoms with E-state index in [4.69, 9.17) is 5.73 Å². The van der Waals surface area contributed by atoms with Gasteiger partial charge in [-0.3, -0.25) is 14.9 Å². The lowest BCUT2D eigenvalue weighted by atomic mass is 9.96. The molecule has 5 aromatic rings. The summed E-state index contributed by atoms with van der Waals surface area (Å²) in [5.74, 6) is -0.686. The molecule has 2 amide bonds. The van der Waals surface area contributed by atoms with Crippen molar-refractivity contribution in [3.63, 3.8) is 0 Å². The number of nitrogens with two attached hydrogens (primary N) is 1. The number of aromatic nitrogens is 2. The van der Waals surface area contributed by atoms with E-state index in [9.17, 15) is 9.59 Å². The van der Waals surface area contributed by atoms with Gasteiger partial charge in [0.1, 0.15) is 0 Å². The number of hydrogen-bond donors (Lipinski definition) is 3. The fourth-order valence-electron chi connectivity index (χ4n) is 4.72. The van der Waals surface area contributed by atoms with Crippen LogP contribution >= 0.6 is 0 Å². The monoisotopic (exact) mass is 368 g/mol. The van der Waals surface area contributed by atoms with Crippen LogP contribution in [0.15, 0.2) is 42.5 Å². The van der Waals surface area contributed by atoms with Crippen LogP contribution in [-0.4, -0.2) is 21.4 Å². The van der Waals surface area contributed by atoms with Crippen LogP contribution in [0.2, 0.25) is 0 Å². The molecule has 0 radical (unpaired) electrons. The zero-order chi connectivity index (χ0) is 19.2. The molecule has 0 aliphatic carbocycles. The summed E-state index contributed by atoms with van der Waals surface area (Å²) in [5, 5.41) is 5.96. The molecule has 0 spiro atoms. The van der Waals surface area contributed by atoms with Crippen molar-refractivity contribution in [3.8, 4) is 0 Å². The Kier molecular flexibility index (Phi) is 2.69. The van der Waals surface area contributed by atoms with E-state index < -0.39 is 0 Å². The van der Waals surface area contributed by atoms with Crippen LogP contribution < -0.4 is 11.1 Å². The summed E-state index contributed by atoms with van der Waals surface area (Å²) in [6.45, 7) is 2.78. The van der Waals surface area contributed by atoms with E-state index in [1.54, 1.807) is 0 Å². The van der Waals surface area contributed by atoms with Crippen LogP contribution in [0.3, 0.4) is 0 Å². The lowest BCUT2D eigenvalue weighted by molar-refractivity contribution is 0.0880. The van der Waals surface area contributed by atoms with Crippen molar-refractivity contribution in [1.82, 2.24) is 14.9 Å². The fourth-order valence-corrected chi connectivity index (χ4v) is 4.72. The van der Waals surface area contributed by atoms with Crippen molar-refractivity contribution in [1.29, 1.82) is 0 Å². The van der Waals surface area contributed by atoms with Gasteiger partial charge in [-0.05, 0) is 25.1 Å². The highest BCUT2D eigenvalue weighted by Crippen LogP contribution is 2.43. The molecule has 2 aromatic heterocycles. The van der Waals surface area contributed by atoms with E-state index in [1.165, 1.54) is 0 Å². The van der Waals surface area contributed by atoms with Crippen LogP contribution in [0.1, 0.15) is 27.6 Å². The molecule has 6 rings (SSSR count). The van der Waals surface area contributed by atoms with Gasteiger partial charge in [-0.2, -0.15) is 0 Å². The zero-order valence-corrected chi connectivity index (χ0v) is 15.1. The number of amides is 2. The lowest BCUT2D eigenvalue weighted by Crippen LogP contribution is -2.20. The minimum absolute atomic E-state index is 0.343. The number of carbonyl (C=O) groups excluding carboxylic acids is 2. The van der Waals surface area contributed by atoms with Crippen molar-refractivity contribution in [2.24, 2.45) is 0 Å². The maximum Gasteiger partial charge on any atom is 0.259 e. The highest BCUT2D eigenvalue weighted by molar-refractivity contribution is 6.39. The first-order valence-corrected chi connectivity index (χ1v) is 9.23. The maximum atomic E-state index is 12.8. The molecule has 1 aliphatic heterocycles. The number of nitrogens with one attached hydrogen (secondary N) is 2. The van der Waals surface area contributed by atoms with Crippen LogP contribution in [0.5, 0.6) is 0 Å².